The standard InChI is InChI=1S/C22H23NO3S/c1-25-19-9-5-7-17(13-19)14-22(24)23(16-20-10-6-12-27-20)15-18-8-3-4-11-21(18)26-2/h3-13H,14-16H2,1-2H3. The van der Waals surface area contributed by atoms with E-state index >= 15 is 0 Å². The van der Waals surface area contributed by atoms with Gasteiger partial charge in [0.15, 0.2) is 0 Å². The summed E-state index contributed by atoms with van der Waals surface area (Å²) in [4.78, 5) is 16.1. The molecule has 0 fully saturated rings. The molecular weight excluding hydrogens is 358 g/mol. The number of nitrogens with zero attached hydrogens (tertiary/aromatic N) is 1. The van der Waals surface area contributed by atoms with Gasteiger partial charge < -0.3 is 14.4 Å². The first-order valence-electron chi connectivity index (χ1n) is 8.74. The Morgan fingerprint density at radius 1 is 0.963 bits per heavy atom. The minimum absolute atomic E-state index is 0.0718. The molecule has 0 saturated heterocycles. The normalized spacial score (nSPS) is 10.4. The monoisotopic (exact) mass is 381 g/mol. The summed E-state index contributed by atoms with van der Waals surface area (Å²) in [6.45, 7) is 1.09. The van der Waals surface area contributed by atoms with Gasteiger partial charge in [0.2, 0.25) is 5.91 Å². The van der Waals surface area contributed by atoms with Crippen LogP contribution in [0.25, 0.3) is 0 Å². The zero-order valence-electron chi connectivity index (χ0n) is 15.6. The molecule has 5 heteroatoms. The molecule has 0 N–H and O–H groups in total. The van der Waals surface area contributed by atoms with Crippen LogP contribution in [0.2, 0.25) is 0 Å². The zero-order chi connectivity index (χ0) is 19.1. The molecule has 27 heavy (non-hydrogen) atoms. The van der Waals surface area contributed by atoms with E-state index in [9.17, 15) is 4.79 Å². The van der Waals surface area contributed by atoms with Crippen LogP contribution in [-0.2, 0) is 24.3 Å². The fourth-order valence-electron chi connectivity index (χ4n) is 2.93. The average molecular weight is 381 g/mol. The maximum absolute atomic E-state index is 13.1. The summed E-state index contributed by atoms with van der Waals surface area (Å²) in [6, 6.07) is 19.5. The Kier molecular flexibility index (Phi) is 6.49. The van der Waals surface area contributed by atoms with E-state index in [1.807, 2.05) is 64.9 Å². The molecule has 140 valence electrons. The minimum Gasteiger partial charge on any atom is -0.497 e. The molecule has 0 aliphatic heterocycles. The molecule has 3 aromatic rings. The number of hydrogen-bond acceptors (Lipinski definition) is 4. The SMILES string of the molecule is COc1cccc(CC(=O)N(Cc2cccs2)Cc2ccccc2OC)c1. The van der Waals surface area contributed by atoms with Crippen LogP contribution in [0.4, 0.5) is 0 Å². The van der Waals surface area contributed by atoms with E-state index in [-0.39, 0.29) is 5.91 Å². The summed E-state index contributed by atoms with van der Waals surface area (Å²) >= 11 is 1.66. The third-order valence-electron chi connectivity index (χ3n) is 4.32. The zero-order valence-corrected chi connectivity index (χ0v) is 16.4. The van der Waals surface area contributed by atoms with Gasteiger partial charge in [-0.05, 0) is 35.2 Å². The van der Waals surface area contributed by atoms with E-state index in [0.29, 0.717) is 19.5 Å². The number of amides is 1. The van der Waals surface area contributed by atoms with Crippen LogP contribution in [0.15, 0.2) is 66.0 Å². The summed E-state index contributed by atoms with van der Waals surface area (Å²) in [5.74, 6) is 1.63. The number of methoxy groups -OCH3 is 2. The lowest BCUT2D eigenvalue weighted by atomic mass is 10.1. The first-order valence-corrected chi connectivity index (χ1v) is 9.62. The van der Waals surface area contributed by atoms with Gasteiger partial charge in [0.05, 0.1) is 27.2 Å². The molecule has 0 bridgehead atoms. The van der Waals surface area contributed by atoms with Crippen molar-refractivity contribution in [2.45, 2.75) is 19.5 Å². The summed E-state index contributed by atoms with van der Waals surface area (Å²) in [5.41, 5.74) is 1.94. The largest absolute Gasteiger partial charge is 0.497 e. The van der Waals surface area contributed by atoms with Crippen LogP contribution in [0.5, 0.6) is 11.5 Å². The van der Waals surface area contributed by atoms with Crippen molar-refractivity contribution in [3.8, 4) is 11.5 Å². The highest BCUT2D eigenvalue weighted by molar-refractivity contribution is 7.09. The summed E-state index contributed by atoms with van der Waals surface area (Å²) in [5, 5.41) is 2.03. The van der Waals surface area contributed by atoms with Crippen molar-refractivity contribution in [3.05, 3.63) is 82.0 Å². The molecule has 0 aliphatic carbocycles. The number of ether oxygens (including phenoxy) is 2. The van der Waals surface area contributed by atoms with Crippen molar-refractivity contribution in [1.82, 2.24) is 4.90 Å². The smallest absolute Gasteiger partial charge is 0.227 e. The molecule has 4 nitrogen and oxygen atoms in total. The molecule has 0 atom stereocenters. The Morgan fingerprint density at radius 2 is 1.81 bits per heavy atom. The predicted molar refractivity (Wildman–Crippen MR) is 108 cm³/mol. The number of benzene rings is 2. The fraction of sp³-hybridized carbons (Fsp3) is 0.227. The highest BCUT2D eigenvalue weighted by Crippen LogP contribution is 2.22. The number of hydrogen-bond donors (Lipinski definition) is 0. The van der Waals surface area contributed by atoms with E-state index < -0.39 is 0 Å². The molecule has 1 amide bonds. The summed E-state index contributed by atoms with van der Waals surface area (Å²) in [7, 11) is 3.28. The van der Waals surface area contributed by atoms with E-state index in [0.717, 1.165) is 27.5 Å². The Hall–Kier alpha value is -2.79. The Labute approximate surface area is 164 Å². The quantitative estimate of drug-likeness (QED) is 0.575. The molecule has 1 aromatic heterocycles. The number of thiophene rings is 1. The van der Waals surface area contributed by atoms with Crippen LogP contribution in [0.3, 0.4) is 0 Å². The van der Waals surface area contributed by atoms with Gasteiger partial charge in [-0.15, -0.1) is 11.3 Å². The summed E-state index contributed by atoms with van der Waals surface area (Å²) < 4.78 is 10.7. The lowest BCUT2D eigenvalue weighted by Gasteiger charge is -2.23. The molecule has 2 aromatic carbocycles. The number of carbonyl (C=O) groups excluding carboxylic acids is 1. The maximum atomic E-state index is 13.1. The molecule has 0 unspecified atom stereocenters. The second-order valence-electron chi connectivity index (χ2n) is 6.17. The second-order valence-corrected chi connectivity index (χ2v) is 7.20. The molecule has 0 radical (unpaired) electrons. The maximum Gasteiger partial charge on any atom is 0.227 e. The Balaban J connectivity index is 1.81. The molecule has 0 spiro atoms. The second kappa shape index (κ2) is 9.24. The lowest BCUT2D eigenvalue weighted by molar-refractivity contribution is -0.131. The summed E-state index contributed by atoms with van der Waals surface area (Å²) in [6.07, 6.45) is 0.331. The van der Waals surface area contributed by atoms with Crippen molar-refractivity contribution in [2.24, 2.45) is 0 Å². The predicted octanol–water partition coefficient (Wildman–Crippen LogP) is 4.54. The highest BCUT2D eigenvalue weighted by atomic mass is 32.1. The van der Waals surface area contributed by atoms with Crippen LogP contribution in [0, 0.1) is 0 Å². The van der Waals surface area contributed by atoms with Gasteiger partial charge in [-0.1, -0.05) is 36.4 Å². The van der Waals surface area contributed by atoms with Gasteiger partial charge in [0, 0.05) is 17.0 Å². The van der Waals surface area contributed by atoms with Gasteiger partial charge in [-0.2, -0.15) is 0 Å². The van der Waals surface area contributed by atoms with Crippen LogP contribution in [-0.4, -0.2) is 25.0 Å². The first kappa shape index (κ1) is 19.0. The number of rotatable bonds is 8. The average Bonchev–Trinajstić information content (AvgIpc) is 3.21. The van der Waals surface area contributed by atoms with Crippen LogP contribution >= 0.6 is 11.3 Å². The van der Waals surface area contributed by atoms with Gasteiger partial charge in [0.1, 0.15) is 11.5 Å². The van der Waals surface area contributed by atoms with Crippen LogP contribution < -0.4 is 9.47 Å². The third-order valence-corrected chi connectivity index (χ3v) is 5.18. The van der Waals surface area contributed by atoms with Gasteiger partial charge in [-0.3, -0.25) is 4.79 Å². The molecule has 3 rings (SSSR count). The van der Waals surface area contributed by atoms with Gasteiger partial charge in [-0.25, -0.2) is 0 Å². The van der Waals surface area contributed by atoms with E-state index in [1.165, 1.54) is 0 Å². The molecular formula is C22H23NO3S. The van der Waals surface area contributed by atoms with Crippen molar-refractivity contribution < 1.29 is 14.3 Å². The van der Waals surface area contributed by atoms with Gasteiger partial charge in [0.25, 0.3) is 0 Å². The van der Waals surface area contributed by atoms with Crippen molar-refractivity contribution in [2.75, 3.05) is 14.2 Å². The number of carbonyl (C=O) groups is 1. The van der Waals surface area contributed by atoms with Gasteiger partial charge >= 0.3 is 0 Å². The Bertz CT molecular complexity index is 877. The van der Waals surface area contributed by atoms with Crippen LogP contribution in [0.1, 0.15) is 16.0 Å². The van der Waals surface area contributed by atoms with E-state index in [2.05, 4.69) is 6.07 Å². The molecule has 1 heterocycles. The molecule has 0 saturated carbocycles. The van der Waals surface area contributed by atoms with E-state index in [4.69, 9.17) is 9.47 Å². The van der Waals surface area contributed by atoms with Crippen molar-refractivity contribution >= 4 is 17.2 Å². The Morgan fingerprint density at radius 3 is 2.56 bits per heavy atom. The van der Waals surface area contributed by atoms with E-state index in [1.54, 1.807) is 25.6 Å². The van der Waals surface area contributed by atoms with Crippen molar-refractivity contribution in [3.63, 3.8) is 0 Å². The minimum atomic E-state index is 0.0718. The topological polar surface area (TPSA) is 38.8 Å². The van der Waals surface area contributed by atoms with Crippen molar-refractivity contribution in [1.29, 1.82) is 0 Å². The first-order chi connectivity index (χ1) is 13.2. The lowest BCUT2D eigenvalue weighted by Crippen LogP contribution is -2.31. The fourth-order valence-corrected chi connectivity index (χ4v) is 3.65. The molecule has 0 aliphatic rings. The third kappa shape index (κ3) is 5.11. The highest BCUT2D eigenvalue weighted by Gasteiger charge is 2.18. The number of para-hydroxylation sites is 1.